The zero-order chi connectivity index (χ0) is 19.4. The maximum absolute atomic E-state index is 12.6. The third-order valence-electron chi connectivity index (χ3n) is 8.73. The molecule has 0 amide bonds. The average molecular weight is 376 g/mol. The van der Waals surface area contributed by atoms with Crippen LogP contribution in [0.1, 0.15) is 65.2 Å². The summed E-state index contributed by atoms with van der Waals surface area (Å²) >= 11 is 0. The molecular weight excluding hydrogens is 344 g/mol. The average Bonchev–Trinajstić information content (AvgIpc) is 2.96. The van der Waals surface area contributed by atoms with Crippen LogP contribution in [-0.4, -0.2) is 35.3 Å². The lowest BCUT2D eigenvalue weighted by Gasteiger charge is -2.60. The molecule has 0 heterocycles. The first kappa shape index (κ1) is 18.9. The van der Waals surface area contributed by atoms with E-state index in [1.165, 1.54) is 0 Å². The number of Topliss-reactive ketones (excluding diaryl/α,β-unsaturated/α-hetero) is 1. The summed E-state index contributed by atoms with van der Waals surface area (Å²) in [7, 11) is 0. The van der Waals surface area contributed by atoms with Gasteiger partial charge in [-0.3, -0.25) is 9.59 Å². The third-order valence-corrected chi connectivity index (χ3v) is 8.73. The van der Waals surface area contributed by atoms with Crippen molar-refractivity contribution < 1.29 is 19.5 Å². The zero-order valence-electron chi connectivity index (χ0n) is 16.4. The van der Waals surface area contributed by atoms with Crippen LogP contribution in [0.25, 0.3) is 0 Å². The number of esters is 1. The van der Waals surface area contributed by atoms with Gasteiger partial charge in [-0.1, -0.05) is 19.0 Å². The van der Waals surface area contributed by atoms with Gasteiger partial charge in [0.1, 0.15) is 11.9 Å². The SMILES string of the molecule is C[C@]12CC[C@H](OC(=O)CN)CC1/C(=N/O)C[C@@H]1[C@@H]2CC[C@]2(C)C(=O)CC[C@@H]12. The number of rotatable bonds is 2. The number of ketones is 1. The van der Waals surface area contributed by atoms with Crippen molar-refractivity contribution in [2.24, 2.45) is 45.4 Å². The molecule has 0 aliphatic heterocycles. The van der Waals surface area contributed by atoms with E-state index < -0.39 is 0 Å². The summed E-state index contributed by atoms with van der Waals surface area (Å²) < 4.78 is 5.52. The van der Waals surface area contributed by atoms with Gasteiger partial charge in [-0.25, -0.2) is 0 Å². The highest BCUT2D eigenvalue weighted by molar-refractivity contribution is 5.90. The quantitative estimate of drug-likeness (QED) is 0.438. The number of nitrogens with zero attached hydrogens (tertiary/aromatic N) is 1. The summed E-state index contributed by atoms with van der Waals surface area (Å²) in [4.78, 5) is 24.2. The number of ether oxygens (including phenoxy) is 1. The van der Waals surface area contributed by atoms with Gasteiger partial charge in [0.05, 0.1) is 12.3 Å². The highest BCUT2D eigenvalue weighted by Crippen LogP contribution is 2.64. The molecule has 4 fully saturated rings. The summed E-state index contributed by atoms with van der Waals surface area (Å²) in [5.74, 6) is 1.57. The smallest absolute Gasteiger partial charge is 0.319 e. The van der Waals surface area contributed by atoms with Crippen molar-refractivity contribution in [3.05, 3.63) is 0 Å². The summed E-state index contributed by atoms with van der Waals surface area (Å²) in [5.41, 5.74) is 6.10. The van der Waals surface area contributed by atoms with Crippen LogP contribution in [0.5, 0.6) is 0 Å². The molecule has 150 valence electrons. The van der Waals surface area contributed by atoms with E-state index in [4.69, 9.17) is 10.5 Å². The van der Waals surface area contributed by atoms with Gasteiger partial charge in [0.2, 0.25) is 0 Å². The molecule has 4 aliphatic carbocycles. The van der Waals surface area contributed by atoms with E-state index in [9.17, 15) is 14.8 Å². The number of carbonyl (C=O) groups is 2. The predicted octanol–water partition coefficient (Wildman–Crippen LogP) is 2.91. The Morgan fingerprint density at radius 1 is 1.26 bits per heavy atom. The van der Waals surface area contributed by atoms with Crippen LogP contribution in [0.2, 0.25) is 0 Å². The third kappa shape index (κ3) is 2.74. The normalized spacial score (nSPS) is 47.9. The Balaban J connectivity index is 1.61. The molecule has 6 nitrogen and oxygen atoms in total. The number of nitrogens with two attached hydrogens (primary N) is 1. The van der Waals surface area contributed by atoms with Gasteiger partial charge in [-0.15, -0.1) is 0 Å². The number of hydrogen-bond acceptors (Lipinski definition) is 6. The number of fused-ring (bicyclic) bond motifs is 5. The van der Waals surface area contributed by atoms with Crippen molar-refractivity contribution in [2.75, 3.05) is 6.54 Å². The molecule has 0 bridgehead atoms. The molecule has 4 aliphatic rings. The highest BCUT2D eigenvalue weighted by Gasteiger charge is 2.62. The Labute approximate surface area is 160 Å². The standard InChI is InChI=1S/C21H32N2O4/c1-20-7-5-12(27-19(25)11-22)9-16(20)17(23-26)10-13-14-3-4-18(24)21(14,2)8-6-15(13)20/h12-16,26H,3-11,22H2,1-2H3/b23-17+/t12-,13-,14-,15-,16?,20+,21-/m0/s1. The molecule has 1 unspecified atom stereocenters. The van der Waals surface area contributed by atoms with Gasteiger partial charge in [-0.2, -0.15) is 0 Å². The summed E-state index contributed by atoms with van der Waals surface area (Å²) in [6.45, 7) is 4.40. The highest BCUT2D eigenvalue weighted by atomic mass is 16.5. The molecule has 0 aromatic heterocycles. The lowest BCUT2D eigenvalue weighted by molar-refractivity contribution is -0.154. The molecule has 0 aromatic rings. The van der Waals surface area contributed by atoms with Crippen LogP contribution < -0.4 is 5.73 Å². The molecule has 0 saturated heterocycles. The van der Waals surface area contributed by atoms with Crippen molar-refractivity contribution in [3.8, 4) is 0 Å². The van der Waals surface area contributed by atoms with Crippen LogP contribution in [0.3, 0.4) is 0 Å². The lowest BCUT2D eigenvalue weighted by atomic mass is 9.44. The van der Waals surface area contributed by atoms with Crippen LogP contribution in [0.4, 0.5) is 0 Å². The fraction of sp³-hybridized carbons (Fsp3) is 0.857. The van der Waals surface area contributed by atoms with E-state index in [2.05, 4.69) is 19.0 Å². The molecule has 27 heavy (non-hydrogen) atoms. The second-order valence-corrected chi connectivity index (χ2v) is 9.74. The Morgan fingerprint density at radius 3 is 2.74 bits per heavy atom. The molecule has 0 radical (unpaired) electrons. The largest absolute Gasteiger partial charge is 0.461 e. The zero-order valence-corrected chi connectivity index (χ0v) is 16.4. The minimum absolute atomic E-state index is 0.0447. The first-order chi connectivity index (χ1) is 12.8. The second-order valence-electron chi connectivity index (χ2n) is 9.74. The van der Waals surface area contributed by atoms with Gasteiger partial charge in [0, 0.05) is 17.8 Å². The molecule has 4 saturated carbocycles. The van der Waals surface area contributed by atoms with E-state index in [1.807, 2.05) is 0 Å². The van der Waals surface area contributed by atoms with E-state index in [1.54, 1.807) is 0 Å². The molecular formula is C21H32N2O4. The fourth-order valence-corrected chi connectivity index (χ4v) is 7.25. The number of carbonyl (C=O) groups excluding carboxylic acids is 2. The van der Waals surface area contributed by atoms with Crippen molar-refractivity contribution in [1.29, 1.82) is 0 Å². The summed E-state index contributed by atoms with van der Waals surface area (Å²) in [6, 6.07) is 0. The molecule has 3 N–H and O–H groups in total. The Kier molecular flexibility index (Phi) is 4.60. The first-order valence-electron chi connectivity index (χ1n) is 10.5. The molecule has 4 rings (SSSR count). The first-order valence-corrected chi connectivity index (χ1v) is 10.5. The monoisotopic (exact) mass is 376 g/mol. The minimum Gasteiger partial charge on any atom is -0.461 e. The van der Waals surface area contributed by atoms with Gasteiger partial charge in [0.15, 0.2) is 0 Å². The van der Waals surface area contributed by atoms with Gasteiger partial charge >= 0.3 is 5.97 Å². The topological polar surface area (TPSA) is 102 Å². The molecule has 7 atom stereocenters. The van der Waals surface area contributed by atoms with Crippen LogP contribution in [0, 0.1) is 34.5 Å². The van der Waals surface area contributed by atoms with E-state index in [0.29, 0.717) is 36.4 Å². The van der Waals surface area contributed by atoms with Crippen molar-refractivity contribution in [2.45, 2.75) is 71.3 Å². The molecule has 0 spiro atoms. The van der Waals surface area contributed by atoms with Crippen LogP contribution in [0.15, 0.2) is 5.16 Å². The fourth-order valence-electron chi connectivity index (χ4n) is 7.25. The van der Waals surface area contributed by atoms with E-state index >= 15 is 0 Å². The molecule has 6 heteroatoms. The van der Waals surface area contributed by atoms with Crippen molar-refractivity contribution >= 4 is 17.5 Å². The van der Waals surface area contributed by atoms with Crippen molar-refractivity contribution in [1.82, 2.24) is 0 Å². The maximum atomic E-state index is 12.6. The second kappa shape index (κ2) is 6.57. The van der Waals surface area contributed by atoms with Crippen molar-refractivity contribution in [3.63, 3.8) is 0 Å². The molecule has 0 aromatic carbocycles. The summed E-state index contributed by atoms with van der Waals surface area (Å²) in [6.07, 6.45) is 6.87. The van der Waals surface area contributed by atoms with E-state index in [-0.39, 0.29) is 35.4 Å². The van der Waals surface area contributed by atoms with E-state index in [0.717, 1.165) is 44.2 Å². The maximum Gasteiger partial charge on any atom is 0.319 e. The predicted molar refractivity (Wildman–Crippen MR) is 100 cm³/mol. The van der Waals surface area contributed by atoms with Crippen LogP contribution in [-0.2, 0) is 14.3 Å². The van der Waals surface area contributed by atoms with Gasteiger partial charge < -0.3 is 15.7 Å². The Morgan fingerprint density at radius 2 is 2.04 bits per heavy atom. The van der Waals surface area contributed by atoms with Gasteiger partial charge in [0.25, 0.3) is 0 Å². The summed E-state index contributed by atoms with van der Waals surface area (Å²) in [5, 5.41) is 13.5. The Hall–Kier alpha value is -1.43. The number of oxime groups is 1. The van der Waals surface area contributed by atoms with Crippen LogP contribution >= 0.6 is 0 Å². The van der Waals surface area contributed by atoms with Gasteiger partial charge in [-0.05, 0) is 68.1 Å². The Bertz CT molecular complexity index is 677. The number of hydrogen-bond donors (Lipinski definition) is 2. The minimum atomic E-state index is -0.363. The lowest BCUT2D eigenvalue weighted by Crippen LogP contribution is -2.57.